The number of aliphatic hydroxyl groups is 1. The van der Waals surface area contributed by atoms with Gasteiger partial charge in [0.15, 0.2) is 6.29 Å². The first-order chi connectivity index (χ1) is 6.81. The molecule has 0 spiro atoms. The SMILES string of the molecule is CO[C@@H]1O[C@H](C2CCCCC2)C[C@H]1O. The van der Waals surface area contributed by atoms with Crippen LogP contribution in [-0.4, -0.2) is 30.7 Å². The van der Waals surface area contributed by atoms with Crippen molar-refractivity contribution in [1.29, 1.82) is 0 Å². The third-order valence-electron chi connectivity index (χ3n) is 3.50. The van der Waals surface area contributed by atoms with E-state index in [1.807, 2.05) is 0 Å². The van der Waals surface area contributed by atoms with Gasteiger partial charge in [0.2, 0.25) is 0 Å². The molecule has 0 aromatic rings. The summed E-state index contributed by atoms with van der Waals surface area (Å²) in [6.45, 7) is 0. The summed E-state index contributed by atoms with van der Waals surface area (Å²) in [7, 11) is 1.59. The standard InChI is InChI=1S/C11H20O3/c1-13-11-9(12)7-10(14-11)8-5-3-2-4-6-8/h8-12H,2-7H2,1H3/t9-,10+,11-/m1/s1. The van der Waals surface area contributed by atoms with E-state index in [1.54, 1.807) is 7.11 Å². The zero-order chi connectivity index (χ0) is 9.97. The normalized spacial score (nSPS) is 40.3. The van der Waals surface area contributed by atoms with Crippen LogP contribution in [0.4, 0.5) is 0 Å². The second-order valence-electron chi connectivity index (χ2n) is 4.48. The van der Waals surface area contributed by atoms with Gasteiger partial charge < -0.3 is 14.6 Å². The number of hydrogen-bond acceptors (Lipinski definition) is 3. The first-order valence-corrected chi connectivity index (χ1v) is 5.67. The minimum absolute atomic E-state index is 0.232. The molecule has 1 saturated heterocycles. The van der Waals surface area contributed by atoms with Crippen LogP contribution >= 0.6 is 0 Å². The second kappa shape index (κ2) is 4.60. The van der Waals surface area contributed by atoms with E-state index in [0.29, 0.717) is 5.92 Å². The van der Waals surface area contributed by atoms with Gasteiger partial charge in [0, 0.05) is 13.5 Å². The summed E-state index contributed by atoms with van der Waals surface area (Å²) < 4.78 is 10.8. The van der Waals surface area contributed by atoms with Crippen LogP contribution < -0.4 is 0 Å². The molecule has 1 aliphatic heterocycles. The van der Waals surface area contributed by atoms with Crippen LogP contribution in [-0.2, 0) is 9.47 Å². The first kappa shape index (κ1) is 10.4. The number of hydrogen-bond donors (Lipinski definition) is 1. The van der Waals surface area contributed by atoms with Gasteiger partial charge in [-0.05, 0) is 18.8 Å². The van der Waals surface area contributed by atoms with E-state index in [1.165, 1.54) is 32.1 Å². The molecular weight excluding hydrogens is 180 g/mol. The zero-order valence-electron chi connectivity index (χ0n) is 8.82. The topological polar surface area (TPSA) is 38.7 Å². The lowest BCUT2D eigenvalue weighted by atomic mass is 9.84. The molecule has 2 rings (SSSR count). The highest BCUT2D eigenvalue weighted by atomic mass is 16.7. The molecule has 1 heterocycles. The third kappa shape index (κ3) is 2.10. The highest BCUT2D eigenvalue weighted by Gasteiger charge is 2.38. The summed E-state index contributed by atoms with van der Waals surface area (Å²) >= 11 is 0. The van der Waals surface area contributed by atoms with Crippen molar-refractivity contribution in [2.75, 3.05) is 7.11 Å². The predicted octanol–water partition coefficient (Wildman–Crippen LogP) is 1.69. The van der Waals surface area contributed by atoms with Gasteiger partial charge in [-0.25, -0.2) is 0 Å². The maximum absolute atomic E-state index is 9.64. The van der Waals surface area contributed by atoms with Crippen molar-refractivity contribution in [3.8, 4) is 0 Å². The molecule has 0 amide bonds. The fourth-order valence-corrected chi connectivity index (χ4v) is 2.69. The summed E-state index contributed by atoms with van der Waals surface area (Å²) in [5.41, 5.74) is 0. The molecule has 3 heteroatoms. The van der Waals surface area contributed by atoms with Gasteiger partial charge in [0.05, 0.1) is 6.10 Å². The van der Waals surface area contributed by atoms with Crippen molar-refractivity contribution in [3.05, 3.63) is 0 Å². The Morgan fingerprint density at radius 2 is 1.93 bits per heavy atom. The van der Waals surface area contributed by atoms with E-state index in [4.69, 9.17) is 9.47 Å². The largest absolute Gasteiger partial charge is 0.388 e. The van der Waals surface area contributed by atoms with E-state index < -0.39 is 6.10 Å². The maximum Gasteiger partial charge on any atom is 0.183 e. The Kier molecular flexibility index (Phi) is 3.42. The molecule has 0 bridgehead atoms. The summed E-state index contributed by atoms with van der Waals surface area (Å²) in [5.74, 6) is 0.651. The Morgan fingerprint density at radius 3 is 2.50 bits per heavy atom. The summed E-state index contributed by atoms with van der Waals surface area (Å²) in [6, 6.07) is 0. The zero-order valence-corrected chi connectivity index (χ0v) is 8.82. The molecule has 0 unspecified atom stereocenters. The summed E-state index contributed by atoms with van der Waals surface area (Å²) in [5, 5.41) is 9.64. The van der Waals surface area contributed by atoms with E-state index in [2.05, 4.69) is 0 Å². The Labute approximate surface area is 85.4 Å². The van der Waals surface area contributed by atoms with Gasteiger partial charge in [0.1, 0.15) is 6.10 Å². The van der Waals surface area contributed by atoms with Gasteiger partial charge in [-0.15, -0.1) is 0 Å². The van der Waals surface area contributed by atoms with Gasteiger partial charge in [-0.3, -0.25) is 0 Å². The maximum atomic E-state index is 9.64. The number of aliphatic hydroxyl groups excluding tert-OH is 1. The number of ether oxygens (including phenoxy) is 2. The molecule has 3 nitrogen and oxygen atoms in total. The molecule has 1 saturated carbocycles. The van der Waals surface area contributed by atoms with Crippen LogP contribution in [0.2, 0.25) is 0 Å². The lowest BCUT2D eigenvalue weighted by Gasteiger charge is -2.26. The van der Waals surface area contributed by atoms with E-state index in [-0.39, 0.29) is 12.4 Å². The molecule has 3 atom stereocenters. The smallest absolute Gasteiger partial charge is 0.183 e. The van der Waals surface area contributed by atoms with Crippen molar-refractivity contribution in [2.24, 2.45) is 5.92 Å². The van der Waals surface area contributed by atoms with Crippen molar-refractivity contribution < 1.29 is 14.6 Å². The summed E-state index contributed by atoms with van der Waals surface area (Å²) in [6.07, 6.45) is 6.69. The van der Waals surface area contributed by atoms with E-state index in [0.717, 1.165) is 6.42 Å². The van der Waals surface area contributed by atoms with Crippen LogP contribution in [0, 0.1) is 5.92 Å². The summed E-state index contributed by atoms with van der Waals surface area (Å²) in [4.78, 5) is 0. The first-order valence-electron chi connectivity index (χ1n) is 5.67. The third-order valence-corrected chi connectivity index (χ3v) is 3.50. The van der Waals surface area contributed by atoms with Crippen LogP contribution in [0.3, 0.4) is 0 Å². The molecule has 0 aromatic carbocycles. The Hall–Kier alpha value is -0.120. The molecule has 1 aliphatic carbocycles. The van der Waals surface area contributed by atoms with Crippen LogP contribution in [0.15, 0.2) is 0 Å². The van der Waals surface area contributed by atoms with Gasteiger partial charge >= 0.3 is 0 Å². The highest BCUT2D eigenvalue weighted by molar-refractivity contribution is 4.83. The molecule has 2 aliphatic rings. The molecular formula is C11H20O3. The predicted molar refractivity (Wildman–Crippen MR) is 52.9 cm³/mol. The minimum atomic E-state index is -0.424. The highest BCUT2D eigenvalue weighted by Crippen LogP contribution is 2.34. The fraction of sp³-hybridized carbons (Fsp3) is 1.00. The molecule has 0 radical (unpaired) electrons. The monoisotopic (exact) mass is 200 g/mol. The average molecular weight is 200 g/mol. The van der Waals surface area contributed by atoms with Crippen molar-refractivity contribution in [1.82, 2.24) is 0 Å². The molecule has 2 fully saturated rings. The average Bonchev–Trinajstić information content (AvgIpc) is 2.61. The molecule has 82 valence electrons. The number of rotatable bonds is 2. The van der Waals surface area contributed by atoms with Crippen molar-refractivity contribution >= 4 is 0 Å². The van der Waals surface area contributed by atoms with Gasteiger partial charge in [0.25, 0.3) is 0 Å². The van der Waals surface area contributed by atoms with Crippen LogP contribution in [0.5, 0.6) is 0 Å². The molecule has 0 aromatic heterocycles. The fourth-order valence-electron chi connectivity index (χ4n) is 2.69. The van der Waals surface area contributed by atoms with Crippen molar-refractivity contribution in [3.63, 3.8) is 0 Å². The van der Waals surface area contributed by atoms with Crippen molar-refractivity contribution in [2.45, 2.75) is 57.0 Å². The second-order valence-corrected chi connectivity index (χ2v) is 4.48. The lowest BCUT2D eigenvalue weighted by Crippen LogP contribution is -2.24. The lowest BCUT2D eigenvalue weighted by molar-refractivity contribution is -0.157. The molecule has 14 heavy (non-hydrogen) atoms. The van der Waals surface area contributed by atoms with Gasteiger partial charge in [-0.1, -0.05) is 19.3 Å². The minimum Gasteiger partial charge on any atom is -0.388 e. The van der Waals surface area contributed by atoms with E-state index in [9.17, 15) is 5.11 Å². The Balaban J connectivity index is 1.86. The Morgan fingerprint density at radius 1 is 1.21 bits per heavy atom. The van der Waals surface area contributed by atoms with Crippen LogP contribution in [0.25, 0.3) is 0 Å². The van der Waals surface area contributed by atoms with Crippen LogP contribution in [0.1, 0.15) is 38.5 Å². The molecule has 1 N–H and O–H groups in total. The quantitative estimate of drug-likeness (QED) is 0.737. The Bertz CT molecular complexity index is 177. The number of methoxy groups -OCH3 is 1. The van der Waals surface area contributed by atoms with E-state index >= 15 is 0 Å². The van der Waals surface area contributed by atoms with Gasteiger partial charge in [-0.2, -0.15) is 0 Å².